The van der Waals surface area contributed by atoms with E-state index < -0.39 is 0 Å². The number of hydrogen-bond acceptors (Lipinski definition) is 4. The van der Waals surface area contributed by atoms with Crippen molar-refractivity contribution in [1.82, 2.24) is 9.47 Å². The van der Waals surface area contributed by atoms with Crippen molar-refractivity contribution < 1.29 is 14.3 Å². The van der Waals surface area contributed by atoms with E-state index in [9.17, 15) is 9.59 Å². The number of imide groups is 1. The largest absolute Gasteiger partial charge is 0.492 e. The van der Waals surface area contributed by atoms with Gasteiger partial charge in [0, 0.05) is 17.9 Å². The Morgan fingerprint density at radius 2 is 1.88 bits per heavy atom. The van der Waals surface area contributed by atoms with Gasteiger partial charge in [0.05, 0.1) is 11.4 Å². The molecule has 0 bridgehead atoms. The number of amides is 2. The summed E-state index contributed by atoms with van der Waals surface area (Å²) in [6.07, 6.45) is 1.82. The Morgan fingerprint density at radius 3 is 2.54 bits per heavy atom. The van der Waals surface area contributed by atoms with Gasteiger partial charge in [-0.05, 0) is 62.4 Å². The molecule has 26 heavy (non-hydrogen) atoms. The molecule has 0 aliphatic carbocycles. The van der Waals surface area contributed by atoms with Gasteiger partial charge in [-0.15, -0.1) is 0 Å². The molecular weight excluding hydrogens is 348 g/mol. The standard InChI is InChI=1S/C20H22N2O3S/c1-4-21-14(2)12-16(15(21)3)13-18-19(23)22(20(24)26-18)10-11-25-17-8-6-5-7-9-17/h5-9,12-13H,4,10-11H2,1-3H3/b18-13-. The average molecular weight is 370 g/mol. The molecule has 0 spiro atoms. The molecule has 6 heteroatoms. The summed E-state index contributed by atoms with van der Waals surface area (Å²) in [6, 6.07) is 11.4. The van der Waals surface area contributed by atoms with Gasteiger partial charge in [0.15, 0.2) is 0 Å². The van der Waals surface area contributed by atoms with Crippen LogP contribution in [0, 0.1) is 13.8 Å². The van der Waals surface area contributed by atoms with E-state index >= 15 is 0 Å². The second-order valence-electron chi connectivity index (χ2n) is 6.07. The fourth-order valence-corrected chi connectivity index (χ4v) is 3.92. The van der Waals surface area contributed by atoms with Crippen molar-refractivity contribution in [3.8, 4) is 5.75 Å². The molecule has 2 heterocycles. The lowest BCUT2D eigenvalue weighted by atomic mass is 10.2. The van der Waals surface area contributed by atoms with Gasteiger partial charge >= 0.3 is 0 Å². The Kier molecular flexibility index (Phi) is 5.52. The van der Waals surface area contributed by atoms with Gasteiger partial charge in [0.25, 0.3) is 11.1 Å². The molecule has 2 aromatic rings. The highest BCUT2D eigenvalue weighted by atomic mass is 32.2. The number of benzene rings is 1. The SMILES string of the molecule is CCn1c(C)cc(/C=C2\SC(=O)N(CCOc3ccccc3)C2=O)c1C. The van der Waals surface area contributed by atoms with Crippen LogP contribution in [0.2, 0.25) is 0 Å². The van der Waals surface area contributed by atoms with Crippen LogP contribution in [-0.2, 0) is 11.3 Å². The van der Waals surface area contributed by atoms with E-state index in [1.165, 1.54) is 4.90 Å². The average Bonchev–Trinajstić information content (AvgIpc) is 3.05. The summed E-state index contributed by atoms with van der Waals surface area (Å²) in [7, 11) is 0. The molecule has 0 unspecified atom stereocenters. The van der Waals surface area contributed by atoms with Crippen LogP contribution in [0.3, 0.4) is 0 Å². The summed E-state index contributed by atoms with van der Waals surface area (Å²) in [6.45, 7) is 7.56. The van der Waals surface area contributed by atoms with E-state index in [2.05, 4.69) is 11.5 Å². The maximum absolute atomic E-state index is 12.6. The van der Waals surface area contributed by atoms with E-state index in [4.69, 9.17) is 4.74 Å². The Morgan fingerprint density at radius 1 is 1.15 bits per heavy atom. The molecule has 5 nitrogen and oxygen atoms in total. The molecular formula is C20H22N2O3S. The van der Waals surface area contributed by atoms with Crippen LogP contribution in [0.4, 0.5) is 4.79 Å². The van der Waals surface area contributed by atoms with Crippen molar-refractivity contribution in [3.05, 3.63) is 58.3 Å². The molecule has 0 atom stereocenters. The molecule has 0 N–H and O–H groups in total. The van der Waals surface area contributed by atoms with Crippen LogP contribution in [0.25, 0.3) is 6.08 Å². The first kappa shape index (κ1) is 18.3. The van der Waals surface area contributed by atoms with Crippen LogP contribution in [0.5, 0.6) is 5.75 Å². The lowest BCUT2D eigenvalue weighted by Gasteiger charge is -2.13. The molecule has 1 aromatic carbocycles. The highest BCUT2D eigenvalue weighted by Crippen LogP contribution is 2.33. The van der Waals surface area contributed by atoms with Crippen LogP contribution < -0.4 is 4.74 Å². The van der Waals surface area contributed by atoms with Crippen LogP contribution in [0.1, 0.15) is 23.9 Å². The smallest absolute Gasteiger partial charge is 0.293 e. The molecule has 1 saturated heterocycles. The monoisotopic (exact) mass is 370 g/mol. The summed E-state index contributed by atoms with van der Waals surface area (Å²) in [5, 5.41) is -0.248. The zero-order chi connectivity index (χ0) is 18.7. The van der Waals surface area contributed by atoms with Crippen molar-refractivity contribution in [2.24, 2.45) is 0 Å². The second kappa shape index (κ2) is 7.83. The highest BCUT2D eigenvalue weighted by Gasteiger charge is 2.35. The third kappa shape index (κ3) is 3.70. The summed E-state index contributed by atoms with van der Waals surface area (Å²) in [5.41, 5.74) is 3.23. The number of ether oxygens (including phenoxy) is 1. The first-order chi connectivity index (χ1) is 12.5. The van der Waals surface area contributed by atoms with Crippen molar-refractivity contribution in [2.75, 3.05) is 13.2 Å². The van der Waals surface area contributed by atoms with Gasteiger partial charge in [0.1, 0.15) is 12.4 Å². The Bertz CT molecular complexity index is 855. The van der Waals surface area contributed by atoms with Crippen molar-refractivity contribution in [1.29, 1.82) is 0 Å². The van der Waals surface area contributed by atoms with Gasteiger partial charge < -0.3 is 9.30 Å². The predicted molar refractivity (Wildman–Crippen MR) is 104 cm³/mol. The highest BCUT2D eigenvalue weighted by molar-refractivity contribution is 8.18. The van der Waals surface area contributed by atoms with Gasteiger partial charge in [-0.3, -0.25) is 14.5 Å². The molecule has 1 fully saturated rings. The third-order valence-electron chi connectivity index (χ3n) is 4.42. The van der Waals surface area contributed by atoms with E-state index in [0.717, 1.165) is 41.0 Å². The Labute approximate surface area is 157 Å². The number of nitrogens with zero attached hydrogens (tertiary/aromatic N) is 2. The number of thioether (sulfide) groups is 1. The van der Waals surface area contributed by atoms with E-state index in [0.29, 0.717) is 4.91 Å². The summed E-state index contributed by atoms with van der Waals surface area (Å²) in [4.78, 5) is 26.5. The van der Waals surface area contributed by atoms with Gasteiger partial charge in [-0.1, -0.05) is 18.2 Å². The number of aryl methyl sites for hydroxylation is 1. The number of carbonyl (C=O) groups excluding carboxylic acids is 2. The zero-order valence-electron chi connectivity index (χ0n) is 15.2. The van der Waals surface area contributed by atoms with E-state index in [1.54, 1.807) is 0 Å². The molecule has 0 radical (unpaired) electrons. The van der Waals surface area contributed by atoms with Crippen molar-refractivity contribution in [2.45, 2.75) is 27.3 Å². The van der Waals surface area contributed by atoms with Gasteiger partial charge in [-0.2, -0.15) is 0 Å². The third-order valence-corrected chi connectivity index (χ3v) is 5.32. The first-order valence-corrected chi connectivity index (χ1v) is 9.43. The lowest BCUT2D eigenvalue weighted by Crippen LogP contribution is -2.32. The molecule has 1 aliphatic heterocycles. The zero-order valence-corrected chi connectivity index (χ0v) is 16.0. The van der Waals surface area contributed by atoms with E-state index in [-0.39, 0.29) is 24.3 Å². The molecule has 2 amide bonds. The topological polar surface area (TPSA) is 51.5 Å². The van der Waals surface area contributed by atoms with Crippen LogP contribution in [0.15, 0.2) is 41.3 Å². The van der Waals surface area contributed by atoms with Crippen LogP contribution >= 0.6 is 11.8 Å². The molecule has 1 aliphatic rings. The van der Waals surface area contributed by atoms with E-state index in [1.807, 2.05) is 56.3 Å². The summed E-state index contributed by atoms with van der Waals surface area (Å²) in [5.74, 6) is 0.472. The first-order valence-electron chi connectivity index (χ1n) is 8.61. The molecule has 3 rings (SSSR count). The van der Waals surface area contributed by atoms with Crippen molar-refractivity contribution >= 4 is 29.0 Å². The fraction of sp³-hybridized carbons (Fsp3) is 0.300. The summed E-state index contributed by atoms with van der Waals surface area (Å²) >= 11 is 0.988. The maximum atomic E-state index is 12.6. The number of carbonyl (C=O) groups is 2. The number of aromatic nitrogens is 1. The predicted octanol–water partition coefficient (Wildman–Crippen LogP) is 4.24. The minimum atomic E-state index is -0.252. The molecule has 0 saturated carbocycles. The minimum Gasteiger partial charge on any atom is -0.492 e. The molecule has 1 aromatic heterocycles. The number of hydrogen-bond donors (Lipinski definition) is 0. The number of para-hydroxylation sites is 1. The lowest BCUT2D eigenvalue weighted by molar-refractivity contribution is -0.123. The Hall–Kier alpha value is -2.47. The second-order valence-corrected chi connectivity index (χ2v) is 7.06. The maximum Gasteiger partial charge on any atom is 0.293 e. The number of rotatable bonds is 6. The summed E-state index contributed by atoms with van der Waals surface area (Å²) < 4.78 is 7.78. The van der Waals surface area contributed by atoms with Crippen LogP contribution in [-0.4, -0.2) is 33.8 Å². The van der Waals surface area contributed by atoms with Crippen molar-refractivity contribution in [3.63, 3.8) is 0 Å². The molecule has 136 valence electrons. The quantitative estimate of drug-likeness (QED) is 0.714. The van der Waals surface area contributed by atoms with Gasteiger partial charge in [-0.25, -0.2) is 0 Å². The fourth-order valence-electron chi connectivity index (χ4n) is 3.07. The Balaban J connectivity index is 1.68. The van der Waals surface area contributed by atoms with Gasteiger partial charge in [0.2, 0.25) is 0 Å². The minimum absolute atomic E-state index is 0.241. The normalized spacial score (nSPS) is 16.0.